The molecule has 0 spiro atoms. The Bertz CT molecular complexity index is 580. The Morgan fingerprint density at radius 2 is 1.90 bits per heavy atom. The third kappa shape index (κ3) is 2.55. The van der Waals surface area contributed by atoms with Crippen molar-refractivity contribution in [2.75, 3.05) is 0 Å². The van der Waals surface area contributed by atoms with Crippen LogP contribution in [0.15, 0.2) is 17.7 Å². The zero-order chi connectivity index (χ0) is 15.0. The van der Waals surface area contributed by atoms with E-state index in [1.807, 2.05) is 45.9 Å². The Kier molecular flexibility index (Phi) is 3.59. The molecule has 0 radical (unpaired) electrons. The predicted molar refractivity (Wildman–Crippen MR) is 78.9 cm³/mol. The predicted octanol–water partition coefficient (Wildman–Crippen LogP) is 1.87. The molecular weight excluding hydrogens is 253 g/mol. The van der Waals surface area contributed by atoms with Gasteiger partial charge in [-0.2, -0.15) is 5.26 Å². The molecule has 0 amide bonds. The van der Waals surface area contributed by atoms with E-state index in [2.05, 4.69) is 4.98 Å². The van der Waals surface area contributed by atoms with Gasteiger partial charge in [0.1, 0.15) is 6.07 Å². The molecule has 0 bridgehead atoms. The van der Waals surface area contributed by atoms with Crippen molar-refractivity contribution in [1.29, 1.82) is 10.7 Å². The van der Waals surface area contributed by atoms with Gasteiger partial charge in [-0.3, -0.25) is 0 Å². The van der Waals surface area contributed by atoms with Crippen LogP contribution < -0.4 is 5.59 Å². The van der Waals surface area contributed by atoms with Crippen LogP contribution >= 0.6 is 0 Å². The first-order valence-corrected chi connectivity index (χ1v) is 6.46. The van der Waals surface area contributed by atoms with Crippen LogP contribution in [0.4, 0.5) is 0 Å². The van der Waals surface area contributed by atoms with E-state index in [1.54, 1.807) is 6.08 Å². The molecule has 2 rings (SSSR count). The first-order valence-electron chi connectivity index (χ1n) is 6.46. The highest BCUT2D eigenvalue weighted by Crippen LogP contribution is 2.36. The van der Waals surface area contributed by atoms with Crippen LogP contribution in [0.3, 0.4) is 0 Å². The average molecular weight is 271 g/mol. The first-order chi connectivity index (χ1) is 9.29. The van der Waals surface area contributed by atoms with E-state index < -0.39 is 7.12 Å². The van der Waals surface area contributed by atoms with E-state index in [0.29, 0.717) is 0 Å². The molecule has 0 unspecified atom stereocenters. The fraction of sp³-hybridized carbons (Fsp3) is 0.429. The van der Waals surface area contributed by atoms with E-state index in [9.17, 15) is 0 Å². The van der Waals surface area contributed by atoms with Crippen molar-refractivity contribution in [3.05, 3.63) is 23.4 Å². The third-order valence-corrected chi connectivity index (χ3v) is 3.83. The van der Waals surface area contributed by atoms with Crippen molar-refractivity contribution in [3.8, 4) is 6.07 Å². The fourth-order valence-corrected chi connectivity index (χ4v) is 1.90. The van der Waals surface area contributed by atoms with Gasteiger partial charge >= 0.3 is 7.12 Å². The lowest BCUT2D eigenvalue weighted by Crippen LogP contribution is -2.41. The second kappa shape index (κ2) is 4.93. The van der Waals surface area contributed by atoms with Gasteiger partial charge in [0.05, 0.1) is 16.8 Å². The van der Waals surface area contributed by atoms with Gasteiger partial charge < -0.3 is 19.7 Å². The number of rotatable bonds is 3. The van der Waals surface area contributed by atoms with Crippen LogP contribution in [-0.4, -0.2) is 29.5 Å². The maximum atomic E-state index is 8.81. The number of H-pyrrole nitrogens is 1. The van der Waals surface area contributed by atoms with Crippen LogP contribution in [0.1, 0.15) is 33.4 Å². The Labute approximate surface area is 119 Å². The van der Waals surface area contributed by atoms with Crippen LogP contribution in [0, 0.1) is 16.7 Å². The van der Waals surface area contributed by atoms with E-state index in [4.69, 9.17) is 20.0 Å². The third-order valence-electron chi connectivity index (χ3n) is 3.83. The topological polar surface area (TPSA) is 81.9 Å². The molecule has 5 nitrogen and oxygen atoms in total. The quantitative estimate of drug-likeness (QED) is 0.500. The maximum Gasteiger partial charge on any atom is 0.512 e. The molecule has 1 aromatic heterocycles. The second-order valence-corrected chi connectivity index (χ2v) is 5.81. The molecule has 104 valence electrons. The van der Waals surface area contributed by atoms with Crippen LogP contribution in [0.25, 0.3) is 6.08 Å². The molecule has 0 aromatic carbocycles. The van der Waals surface area contributed by atoms with Gasteiger partial charge in [-0.05, 0) is 45.9 Å². The highest BCUT2D eigenvalue weighted by molar-refractivity contribution is 6.61. The number of allylic oxidation sites excluding steroid dienone is 1. The maximum absolute atomic E-state index is 8.81. The lowest BCUT2D eigenvalue weighted by molar-refractivity contribution is 0.00578. The summed E-state index contributed by atoms with van der Waals surface area (Å²) >= 11 is 0. The van der Waals surface area contributed by atoms with E-state index >= 15 is 0 Å². The Morgan fingerprint density at radius 1 is 1.30 bits per heavy atom. The summed E-state index contributed by atoms with van der Waals surface area (Å²) < 4.78 is 11.9. The lowest BCUT2D eigenvalue weighted by atomic mass is 9.85. The molecule has 0 atom stereocenters. The molecule has 20 heavy (non-hydrogen) atoms. The van der Waals surface area contributed by atoms with Gasteiger partial charge in [-0.1, -0.05) is 0 Å². The average Bonchev–Trinajstić information content (AvgIpc) is 2.90. The van der Waals surface area contributed by atoms with Gasteiger partial charge in [0, 0.05) is 17.5 Å². The molecule has 1 aliphatic heterocycles. The lowest BCUT2D eigenvalue weighted by Gasteiger charge is -2.32. The highest BCUT2D eigenvalue weighted by atomic mass is 16.7. The summed E-state index contributed by atoms with van der Waals surface area (Å²) in [7, 11) is -0.451. The standard InChI is InChI=1S/C14H18BN3O2/c1-13(2)14(3,4)20-15(19-13)12-6-5-11(18-12)7-10(8-16)9-17/h5-8,16,18H,1-4H3/b10-7+,16-8?. The number of nitrogens with one attached hydrogen (secondary N) is 2. The molecule has 1 saturated heterocycles. The largest absolute Gasteiger partial charge is 0.512 e. The molecule has 2 N–H and O–H groups in total. The summed E-state index contributed by atoms with van der Waals surface area (Å²) in [6.07, 6.45) is 2.64. The smallest absolute Gasteiger partial charge is 0.398 e. The number of nitrogens with zero attached hydrogens (tertiary/aromatic N) is 1. The minimum atomic E-state index is -0.451. The molecule has 2 heterocycles. The molecule has 1 aliphatic rings. The minimum absolute atomic E-state index is 0.285. The Hall–Kier alpha value is -1.84. The number of hydrogen-bond donors (Lipinski definition) is 2. The van der Waals surface area contributed by atoms with Crippen molar-refractivity contribution in [1.82, 2.24) is 4.98 Å². The van der Waals surface area contributed by atoms with Crippen LogP contribution in [0.5, 0.6) is 0 Å². The van der Waals surface area contributed by atoms with Crippen molar-refractivity contribution in [3.63, 3.8) is 0 Å². The molecule has 1 fully saturated rings. The van der Waals surface area contributed by atoms with Crippen molar-refractivity contribution in [2.24, 2.45) is 0 Å². The molecule has 0 aliphatic carbocycles. The zero-order valence-electron chi connectivity index (χ0n) is 12.2. The second-order valence-electron chi connectivity index (χ2n) is 5.81. The summed E-state index contributed by atoms with van der Waals surface area (Å²) in [5, 5.41) is 15.9. The number of nitriles is 1. The highest BCUT2D eigenvalue weighted by Gasteiger charge is 2.52. The zero-order valence-corrected chi connectivity index (χ0v) is 12.2. The Balaban J connectivity index is 2.22. The summed E-state index contributed by atoms with van der Waals surface area (Å²) in [6, 6.07) is 5.64. The number of aromatic amines is 1. The van der Waals surface area contributed by atoms with Gasteiger partial charge in [-0.15, -0.1) is 0 Å². The van der Waals surface area contributed by atoms with Crippen LogP contribution in [-0.2, 0) is 9.31 Å². The first kappa shape index (κ1) is 14.6. The van der Waals surface area contributed by atoms with Crippen molar-refractivity contribution in [2.45, 2.75) is 38.9 Å². The monoisotopic (exact) mass is 271 g/mol. The fourth-order valence-electron chi connectivity index (χ4n) is 1.90. The van der Waals surface area contributed by atoms with Crippen LogP contribution in [0.2, 0.25) is 0 Å². The molecule has 1 aromatic rings. The summed E-state index contributed by atoms with van der Waals surface area (Å²) in [5.41, 5.74) is 1.07. The summed E-state index contributed by atoms with van der Waals surface area (Å²) in [6.45, 7) is 8.00. The molecular formula is C14H18BN3O2. The summed E-state index contributed by atoms with van der Waals surface area (Å²) in [4.78, 5) is 3.15. The van der Waals surface area contributed by atoms with E-state index in [-0.39, 0.29) is 16.8 Å². The van der Waals surface area contributed by atoms with E-state index in [0.717, 1.165) is 17.5 Å². The molecule has 0 saturated carbocycles. The minimum Gasteiger partial charge on any atom is -0.398 e. The van der Waals surface area contributed by atoms with Gasteiger partial charge in [-0.25, -0.2) is 0 Å². The summed E-state index contributed by atoms with van der Waals surface area (Å²) in [5.74, 6) is 0. The van der Waals surface area contributed by atoms with Crippen molar-refractivity contribution >= 4 is 25.0 Å². The van der Waals surface area contributed by atoms with Gasteiger partial charge in [0.15, 0.2) is 0 Å². The SMILES string of the molecule is CC1(C)OB(c2ccc(/C=C(/C#N)C=N)[nH]2)OC1(C)C. The normalized spacial score (nSPS) is 20.8. The molecule has 6 heteroatoms. The van der Waals surface area contributed by atoms with Gasteiger partial charge in [0.2, 0.25) is 0 Å². The number of hydrogen-bond acceptors (Lipinski definition) is 4. The number of aromatic nitrogens is 1. The Morgan fingerprint density at radius 3 is 2.40 bits per heavy atom. The van der Waals surface area contributed by atoms with Gasteiger partial charge in [0.25, 0.3) is 0 Å². The van der Waals surface area contributed by atoms with Crippen molar-refractivity contribution < 1.29 is 9.31 Å². The van der Waals surface area contributed by atoms with E-state index in [1.165, 1.54) is 0 Å².